The van der Waals surface area contributed by atoms with E-state index in [-0.39, 0.29) is 11.6 Å². The number of hydrogen-bond acceptors (Lipinski definition) is 4. The van der Waals surface area contributed by atoms with Crippen molar-refractivity contribution in [1.82, 2.24) is 19.2 Å². The van der Waals surface area contributed by atoms with Crippen LogP contribution in [0.25, 0.3) is 0 Å². The second-order valence-corrected chi connectivity index (χ2v) is 6.25. The van der Waals surface area contributed by atoms with Gasteiger partial charge in [-0.05, 0) is 44.0 Å². The molecule has 3 rings (SSSR count). The molecule has 23 heavy (non-hydrogen) atoms. The second kappa shape index (κ2) is 6.58. The Morgan fingerprint density at radius 2 is 2.22 bits per heavy atom. The molecule has 1 saturated heterocycles. The van der Waals surface area contributed by atoms with Gasteiger partial charge in [0.2, 0.25) is 0 Å². The van der Waals surface area contributed by atoms with E-state index in [0.717, 1.165) is 43.9 Å². The molecular formula is C17H24N4O2. The highest BCUT2D eigenvalue weighted by Crippen LogP contribution is 2.26. The molecule has 124 valence electrons. The van der Waals surface area contributed by atoms with Crippen LogP contribution in [0.2, 0.25) is 0 Å². The van der Waals surface area contributed by atoms with E-state index in [1.165, 1.54) is 4.68 Å². The summed E-state index contributed by atoms with van der Waals surface area (Å²) in [5, 5.41) is 14.1. The Hall–Kier alpha value is -2.08. The van der Waals surface area contributed by atoms with Crippen LogP contribution in [-0.2, 0) is 20.1 Å². The molecule has 1 aromatic heterocycles. The lowest BCUT2D eigenvalue weighted by Crippen LogP contribution is -2.35. The van der Waals surface area contributed by atoms with Gasteiger partial charge in [-0.3, -0.25) is 9.47 Å². The lowest BCUT2D eigenvalue weighted by Gasteiger charge is -2.32. The van der Waals surface area contributed by atoms with Crippen molar-refractivity contribution >= 4 is 0 Å². The van der Waals surface area contributed by atoms with Gasteiger partial charge in [0.15, 0.2) is 0 Å². The van der Waals surface area contributed by atoms with E-state index in [9.17, 15) is 9.90 Å². The molecule has 0 radical (unpaired) electrons. The molecule has 6 heteroatoms. The van der Waals surface area contributed by atoms with Crippen LogP contribution in [0.3, 0.4) is 0 Å². The van der Waals surface area contributed by atoms with Gasteiger partial charge in [0.05, 0.1) is 0 Å². The minimum Gasteiger partial charge on any atom is -0.508 e. The van der Waals surface area contributed by atoms with E-state index >= 15 is 0 Å². The van der Waals surface area contributed by atoms with Gasteiger partial charge in [-0.15, -0.1) is 0 Å². The Morgan fingerprint density at radius 3 is 2.96 bits per heavy atom. The number of phenolic OH excluding ortho intramolecular Hbond substituents is 1. The van der Waals surface area contributed by atoms with Crippen molar-refractivity contribution in [2.75, 3.05) is 13.1 Å². The maximum Gasteiger partial charge on any atom is 0.345 e. The van der Waals surface area contributed by atoms with E-state index in [1.807, 2.05) is 25.1 Å². The number of aryl methyl sites for hydroxylation is 1. The molecule has 1 fully saturated rings. The molecule has 1 N–H and O–H groups in total. The summed E-state index contributed by atoms with van der Waals surface area (Å²) in [5.74, 6) is 1.50. The van der Waals surface area contributed by atoms with Gasteiger partial charge in [0, 0.05) is 32.6 Å². The predicted molar refractivity (Wildman–Crippen MR) is 88.5 cm³/mol. The molecule has 2 aromatic rings. The van der Waals surface area contributed by atoms with E-state index < -0.39 is 0 Å². The fraction of sp³-hybridized carbons (Fsp3) is 0.529. The van der Waals surface area contributed by atoms with E-state index in [0.29, 0.717) is 12.3 Å². The summed E-state index contributed by atoms with van der Waals surface area (Å²) >= 11 is 0. The minimum atomic E-state index is -0.0346. The van der Waals surface area contributed by atoms with Crippen molar-refractivity contribution in [3.8, 4) is 5.75 Å². The number of piperidine rings is 1. The van der Waals surface area contributed by atoms with Crippen molar-refractivity contribution < 1.29 is 5.11 Å². The molecule has 6 nitrogen and oxygen atoms in total. The zero-order valence-corrected chi connectivity index (χ0v) is 13.8. The van der Waals surface area contributed by atoms with Crippen LogP contribution >= 0.6 is 0 Å². The molecular weight excluding hydrogens is 292 g/mol. The highest BCUT2D eigenvalue weighted by molar-refractivity contribution is 5.27. The number of hydrogen-bond donors (Lipinski definition) is 1. The smallest absolute Gasteiger partial charge is 0.345 e. The first-order valence-electron chi connectivity index (χ1n) is 8.22. The zero-order chi connectivity index (χ0) is 16.4. The molecule has 2 heterocycles. The number of phenols is 1. The molecule has 1 aliphatic rings. The lowest BCUT2D eigenvalue weighted by atomic mass is 9.96. The number of rotatable bonds is 4. The van der Waals surface area contributed by atoms with Crippen molar-refractivity contribution in [3.05, 3.63) is 46.1 Å². The molecule has 0 bridgehead atoms. The molecule has 1 aromatic carbocycles. The van der Waals surface area contributed by atoms with E-state index in [4.69, 9.17) is 0 Å². The molecule has 0 amide bonds. The molecule has 0 aliphatic carbocycles. The van der Waals surface area contributed by atoms with Gasteiger partial charge in [0.25, 0.3) is 0 Å². The van der Waals surface area contributed by atoms with Gasteiger partial charge < -0.3 is 5.11 Å². The van der Waals surface area contributed by atoms with E-state index in [1.54, 1.807) is 17.7 Å². The van der Waals surface area contributed by atoms with Crippen LogP contribution in [0.15, 0.2) is 29.1 Å². The quantitative estimate of drug-likeness (QED) is 0.932. The van der Waals surface area contributed by atoms with Gasteiger partial charge in [0.1, 0.15) is 11.6 Å². The van der Waals surface area contributed by atoms with Crippen LogP contribution in [0, 0.1) is 0 Å². The van der Waals surface area contributed by atoms with Crippen molar-refractivity contribution in [3.63, 3.8) is 0 Å². The SMILES string of the molecule is CCn1c([C@H]2CCCN(Cc3cccc(O)c3)C2)nn(C)c1=O. The number of aromatic hydroxyl groups is 1. The second-order valence-electron chi connectivity index (χ2n) is 6.25. The monoisotopic (exact) mass is 316 g/mol. The van der Waals surface area contributed by atoms with Crippen molar-refractivity contribution in [2.24, 2.45) is 7.05 Å². The standard InChI is InChI=1S/C17H24N4O2/c1-3-21-16(18-19(2)17(21)23)14-7-5-9-20(12-14)11-13-6-4-8-15(22)10-13/h4,6,8,10,14,22H,3,5,7,9,11-12H2,1-2H3/t14-/m0/s1. The van der Waals surface area contributed by atoms with Crippen molar-refractivity contribution in [2.45, 2.75) is 38.8 Å². The van der Waals surface area contributed by atoms with Gasteiger partial charge >= 0.3 is 5.69 Å². The maximum atomic E-state index is 12.1. The van der Waals surface area contributed by atoms with Gasteiger partial charge in [-0.2, -0.15) is 5.10 Å². The molecule has 1 atom stereocenters. The minimum absolute atomic E-state index is 0.0346. The topological polar surface area (TPSA) is 63.3 Å². The third kappa shape index (κ3) is 3.32. The van der Waals surface area contributed by atoms with Crippen LogP contribution in [0.4, 0.5) is 0 Å². The van der Waals surface area contributed by atoms with E-state index in [2.05, 4.69) is 10.00 Å². The summed E-state index contributed by atoms with van der Waals surface area (Å²) in [7, 11) is 1.71. The zero-order valence-electron chi connectivity index (χ0n) is 13.8. The molecule has 0 unspecified atom stereocenters. The Morgan fingerprint density at radius 1 is 1.39 bits per heavy atom. The fourth-order valence-electron chi connectivity index (χ4n) is 3.45. The molecule has 0 saturated carbocycles. The third-order valence-electron chi connectivity index (χ3n) is 4.54. The van der Waals surface area contributed by atoms with Crippen LogP contribution < -0.4 is 5.69 Å². The first-order chi connectivity index (χ1) is 11.1. The Bertz CT molecular complexity index is 734. The summed E-state index contributed by atoms with van der Waals surface area (Å²) in [5.41, 5.74) is 1.08. The summed E-state index contributed by atoms with van der Waals surface area (Å²) in [6, 6.07) is 7.41. The van der Waals surface area contributed by atoms with Crippen LogP contribution in [0.5, 0.6) is 5.75 Å². The third-order valence-corrected chi connectivity index (χ3v) is 4.54. The number of nitrogens with zero attached hydrogens (tertiary/aromatic N) is 4. The highest BCUT2D eigenvalue weighted by Gasteiger charge is 2.26. The summed E-state index contributed by atoms with van der Waals surface area (Å²) in [6.07, 6.45) is 2.16. The predicted octanol–water partition coefficient (Wildman–Crippen LogP) is 1.69. The molecule has 0 spiro atoms. The van der Waals surface area contributed by atoms with Gasteiger partial charge in [-0.1, -0.05) is 12.1 Å². The number of aromatic nitrogens is 3. The first kappa shape index (κ1) is 15.8. The summed E-state index contributed by atoms with van der Waals surface area (Å²) < 4.78 is 3.22. The Balaban J connectivity index is 1.76. The molecule has 1 aliphatic heterocycles. The summed E-state index contributed by atoms with van der Waals surface area (Å²) in [6.45, 7) is 5.39. The average molecular weight is 316 g/mol. The highest BCUT2D eigenvalue weighted by atomic mass is 16.3. The van der Waals surface area contributed by atoms with Crippen LogP contribution in [0.1, 0.15) is 37.1 Å². The number of likely N-dealkylation sites (tertiary alicyclic amines) is 1. The normalized spacial score (nSPS) is 19.1. The van der Waals surface area contributed by atoms with Crippen molar-refractivity contribution in [1.29, 1.82) is 0 Å². The maximum absolute atomic E-state index is 12.1. The largest absolute Gasteiger partial charge is 0.508 e. The van der Waals surface area contributed by atoms with Crippen LogP contribution in [-0.4, -0.2) is 37.4 Å². The number of benzene rings is 1. The van der Waals surface area contributed by atoms with Gasteiger partial charge in [-0.25, -0.2) is 9.48 Å². The fourth-order valence-corrected chi connectivity index (χ4v) is 3.45. The first-order valence-corrected chi connectivity index (χ1v) is 8.22. The summed E-state index contributed by atoms with van der Waals surface area (Å²) in [4.78, 5) is 14.5. The average Bonchev–Trinajstić information content (AvgIpc) is 2.82. The Labute approximate surface area is 136 Å². The lowest BCUT2D eigenvalue weighted by molar-refractivity contribution is 0.194. The Kier molecular flexibility index (Phi) is 4.52.